The molecule has 7 heteroatoms. The molecule has 2 amide bonds. The first-order valence-corrected chi connectivity index (χ1v) is 11.9. The molecule has 0 saturated heterocycles. The van der Waals surface area contributed by atoms with Crippen LogP contribution in [0.3, 0.4) is 0 Å². The van der Waals surface area contributed by atoms with Gasteiger partial charge in [0.1, 0.15) is 22.7 Å². The van der Waals surface area contributed by atoms with Gasteiger partial charge in [0.15, 0.2) is 0 Å². The Bertz CT molecular complexity index is 1130. The van der Waals surface area contributed by atoms with E-state index in [1.807, 2.05) is 66.9 Å². The van der Waals surface area contributed by atoms with E-state index in [0.717, 1.165) is 23.4 Å². The summed E-state index contributed by atoms with van der Waals surface area (Å²) < 4.78 is 13.0. The number of carbonyl (C=O) groups excluding carboxylic acids is 2. The molecular weight excluding hydrogens is 430 g/mol. The van der Waals surface area contributed by atoms with Gasteiger partial charge < -0.3 is 23.9 Å². The zero-order chi connectivity index (χ0) is 24.3. The Kier molecular flexibility index (Phi) is 6.82. The summed E-state index contributed by atoms with van der Waals surface area (Å²) in [5, 5.41) is 3.07. The third-order valence-corrected chi connectivity index (χ3v) is 6.35. The smallest absolute Gasteiger partial charge is 0.271 e. The van der Waals surface area contributed by atoms with Crippen molar-refractivity contribution in [2.45, 2.75) is 52.7 Å². The highest BCUT2D eigenvalue weighted by atomic mass is 16.5. The van der Waals surface area contributed by atoms with E-state index in [9.17, 15) is 9.59 Å². The maximum Gasteiger partial charge on any atom is 0.271 e. The van der Waals surface area contributed by atoms with Crippen LogP contribution in [0.15, 0.2) is 59.2 Å². The molecular formula is C27H33N3O4. The molecule has 1 aliphatic heterocycles. The number of carbonyl (C=O) groups is 2. The van der Waals surface area contributed by atoms with Crippen molar-refractivity contribution in [3.05, 3.63) is 66.1 Å². The third kappa shape index (κ3) is 4.60. The molecule has 1 N–H and O–H groups in total. The molecule has 0 saturated carbocycles. The van der Waals surface area contributed by atoms with Gasteiger partial charge in [-0.25, -0.2) is 0 Å². The summed E-state index contributed by atoms with van der Waals surface area (Å²) in [6.45, 7) is 9.85. The van der Waals surface area contributed by atoms with Crippen molar-refractivity contribution in [1.82, 2.24) is 14.8 Å². The van der Waals surface area contributed by atoms with Crippen molar-refractivity contribution in [3.63, 3.8) is 0 Å². The number of hydrogen-bond acceptors (Lipinski definition) is 4. The van der Waals surface area contributed by atoms with Crippen LogP contribution in [-0.2, 0) is 17.9 Å². The summed E-state index contributed by atoms with van der Waals surface area (Å²) in [4.78, 5) is 29.0. The van der Waals surface area contributed by atoms with Gasteiger partial charge in [0.05, 0.1) is 25.1 Å². The Balaban J connectivity index is 1.68. The van der Waals surface area contributed by atoms with Crippen LogP contribution < -0.4 is 10.1 Å². The number of amides is 2. The summed E-state index contributed by atoms with van der Waals surface area (Å²) in [7, 11) is 0. The first-order valence-electron chi connectivity index (χ1n) is 11.9. The quantitative estimate of drug-likeness (QED) is 0.498. The van der Waals surface area contributed by atoms with Gasteiger partial charge >= 0.3 is 0 Å². The fourth-order valence-corrected chi connectivity index (χ4v) is 4.37. The summed E-state index contributed by atoms with van der Waals surface area (Å²) in [6, 6.07) is 15.0. The number of hydrogen-bond donors (Lipinski definition) is 1. The van der Waals surface area contributed by atoms with E-state index in [-0.39, 0.29) is 11.8 Å². The molecule has 34 heavy (non-hydrogen) atoms. The summed E-state index contributed by atoms with van der Waals surface area (Å²) in [5.74, 6) is 1.59. The number of ether oxygens (including phenoxy) is 1. The van der Waals surface area contributed by atoms with Gasteiger partial charge in [-0.15, -0.1) is 0 Å². The minimum atomic E-state index is -1.07. The van der Waals surface area contributed by atoms with Gasteiger partial charge in [-0.2, -0.15) is 0 Å². The third-order valence-electron chi connectivity index (χ3n) is 6.35. The fourth-order valence-electron chi connectivity index (χ4n) is 4.37. The highest BCUT2D eigenvalue weighted by Crippen LogP contribution is 2.34. The lowest BCUT2D eigenvalue weighted by Gasteiger charge is -2.44. The van der Waals surface area contributed by atoms with Crippen LogP contribution in [0, 0.1) is 5.92 Å². The Hall–Kier alpha value is -3.48. The molecule has 0 fully saturated rings. The van der Waals surface area contributed by atoms with Crippen LogP contribution in [-0.4, -0.2) is 40.0 Å². The number of nitrogens with one attached hydrogen (secondary N) is 1. The van der Waals surface area contributed by atoms with Crippen molar-refractivity contribution in [2.24, 2.45) is 5.92 Å². The first-order chi connectivity index (χ1) is 16.3. The van der Waals surface area contributed by atoms with Gasteiger partial charge in [0, 0.05) is 13.1 Å². The molecule has 1 atom stereocenters. The normalized spacial score (nSPS) is 17.7. The highest BCUT2D eigenvalue weighted by molar-refractivity contribution is 6.00. The van der Waals surface area contributed by atoms with Crippen LogP contribution in [0.25, 0.3) is 11.5 Å². The van der Waals surface area contributed by atoms with Crippen LogP contribution in [0.4, 0.5) is 0 Å². The lowest BCUT2D eigenvalue weighted by molar-refractivity contribution is -0.133. The topological polar surface area (TPSA) is 76.7 Å². The maximum absolute atomic E-state index is 13.7. The number of benzene rings is 1. The fraction of sp³-hybridized carbons (Fsp3) is 0.407. The van der Waals surface area contributed by atoms with Crippen molar-refractivity contribution >= 4 is 11.8 Å². The second-order valence-electron chi connectivity index (χ2n) is 9.35. The Morgan fingerprint density at radius 2 is 1.88 bits per heavy atom. The molecule has 180 valence electrons. The van der Waals surface area contributed by atoms with Gasteiger partial charge in [-0.3, -0.25) is 9.59 Å². The lowest BCUT2D eigenvalue weighted by Crippen LogP contribution is -2.63. The molecule has 0 aliphatic carbocycles. The number of fused-ring (bicyclic) bond motifs is 1. The molecule has 0 radical (unpaired) electrons. The van der Waals surface area contributed by atoms with Gasteiger partial charge in [0.2, 0.25) is 5.91 Å². The molecule has 4 rings (SSSR count). The number of nitrogens with zero attached hydrogens (tertiary/aromatic N) is 2. The first kappa shape index (κ1) is 23.7. The van der Waals surface area contributed by atoms with Crippen LogP contribution >= 0.6 is 0 Å². The van der Waals surface area contributed by atoms with Crippen LogP contribution in [0.1, 0.15) is 50.2 Å². The molecule has 0 spiro atoms. The number of furan rings is 1. The Morgan fingerprint density at radius 3 is 2.53 bits per heavy atom. The highest BCUT2D eigenvalue weighted by Gasteiger charge is 2.47. The van der Waals surface area contributed by atoms with Gasteiger partial charge in [0.25, 0.3) is 5.91 Å². The molecule has 3 heterocycles. The van der Waals surface area contributed by atoms with Crippen LogP contribution in [0.2, 0.25) is 0 Å². The maximum atomic E-state index is 13.7. The Morgan fingerprint density at radius 1 is 1.15 bits per heavy atom. The molecule has 1 aliphatic rings. The van der Waals surface area contributed by atoms with Crippen molar-refractivity contribution < 1.29 is 18.7 Å². The minimum absolute atomic E-state index is 0.155. The molecule has 0 bridgehead atoms. The molecule has 7 nitrogen and oxygen atoms in total. The lowest BCUT2D eigenvalue weighted by atomic mass is 9.93. The standard InChI is InChI=1S/C27H33N3O4/c1-5-33-21-10-8-20(9-11-21)17-30-25(31)23-13-12-22(24-7-6-16-34-24)29(23)18-27(30,4)26(32)28-15-14-19(2)3/h6-13,16,19H,5,14-15,17-18H2,1-4H3,(H,28,32)/t27-/m1/s1. The van der Waals surface area contributed by atoms with Crippen LogP contribution in [0.5, 0.6) is 5.75 Å². The molecule has 1 aromatic carbocycles. The summed E-state index contributed by atoms with van der Waals surface area (Å²) in [5.41, 5.74) is 1.20. The number of rotatable bonds is 9. The van der Waals surface area contributed by atoms with Crippen molar-refractivity contribution in [1.29, 1.82) is 0 Å². The van der Waals surface area contributed by atoms with E-state index in [2.05, 4.69) is 19.2 Å². The van der Waals surface area contributed by atoms with E-state index in [1.54, 1.807) is 11.2 Å². The monoisotopic (exact) mass is 463 g/mol. The SMILES string of the molecule is CCOc1ccc(CN2C(=O)c3ccc(-c4ccco4)n3C[C@]2(C)C(=O)NCCC(C)C)cc1. The molecule has 3 aromatic rings. The Labute approximate surface area is 200 Å². The van der Waals surface area contributed by atoms with E-state index >= 15 is 0 Å². The minimum Gasteiger partial charge on any atom is -0.494 e. The molecule has 2 aromatic heterocycles. The van der Waals surface area contributed by atoms with E-state index < -0.39 is 5.54 Å². The van der Waals surface area contributed by atoms with E-state index in [0.29, 0.717) is 43.6 Å². The van der Waals surface area contributed by atoms with Gasteiger partial charge in [-0.1, -0.05) is 26.0 Å². The average Bonchev–Trinajstić information content (AvgIpc) is 3.47. The average molecular weight is 464 g/mol. The van der Waals surface area contributed by atoms with Crippen molar-refractivity contribution in [3.8, 4) is 17.2 Å². The predicted octanol–water partition coefficient (Wildman–Crippen LogP) is 4.72. The summed E-state index contributed by atoms with van der Waals surface area (Å²) >= 11 is 0. The van der Waals surface area contributed by atoms with Crippen molar-refractivity contribution in [2.75, 3.05) is 13.2 Å². The van der Waals surface area contributed by atoms with E-state index in [4.69, 9.17) is 9.15 Å². The largest absolute Gasteiger partial charge is 0.494 e. The predicted molar refractivity (Wildman–Crippen MR) is 130 cm³/mol. The second kappa shape index (κ2) is 9.79. The second-order valence-corrected chi connectivity index (χ2v) is 9.35. The number of aromatic nitrogens is 1. The molecule has 0 unspecified atom stereocenters. The van der Waals surface area contributed by atoms with Gasteiger partial charge in [-0.05, 0) is 68.1 Å². The summed E-state index contributed by atoms with van der Waals surface area (Å²) in [6.07, 6.45) is 2.48. The zero-order valence-electron chi connectivity index (χ0n) is 20.3. The zero-order valence-corrected chi connectivity index (χ0v) is 20.3. The van der Waals surface area contributed by atoms with E-state index in [1.165, 1.54) is 0 Å².